The highest BCUT2D eigenvalue weighted by molar-refractivity contribution is 5.67. The maximum absolute atomic E-state index is 13.1. The van der Waals surface area contributed by atoms with Crippen molar-refractivity contribution in [1.29, 1.82) is 0 Å². The topological polar surface area (TPSA) is 26.0 Å². The van der Waals surface area contributed by atoms with Crippen LogP contribution in [0.1, 0.15) is 5.56 Å². The largest absolute Gasteiger partial charge is 0.326 e. The van der Waals surface area contributed by atoms with Crippen LogP contribution in [0.5, 0.6) is 0 Å². The van der Waals surface area contributed by atoms with Crippen LogP contribution in [-0.2, 0) is 6.54 Å². The molecule has 0 amide bonds. The van der Waals surface area contributed by atoms with Crippen LogP contribution in [-0.4, -0.2) is 0 Å². The van der Waals surface area contributed by atoms with Crippen LogP contribution in [0.4, 0.5) is 17.6 Å². The van der Waals surface area contributed by atoms with Gasteiger partial charge in [-0.25, -0.2) is 17.6 Å². The van der Waals surface area contributed by atoms with E-state index in [1.165, 1.54) is 12.1 Å². The summed E-state index contributed by atoms with van der Waals surface area (Å²) in [5, 5.41) is 0. The van der Waals surface area contributed by atoms with Gasteiger partial charge in [0.05, 0.1) is 0 Å². The Kier molecular flexibility index (Phi) is 3.34. The normalized spacial score (nSPS) is 10.7. The fourth-order valence-electron chi connectivity index (χ4n) is 1.72. The third-order valence-electron chi connectivity index (χ3n) is 2.58. The van der Waals surface area contributed by atoms with Crippen molar-refractivity contribution in [2.24, 2.45) is 5.73 Å². The predicted molar refractivity (Wildman–Crippen MR) is 59.6 cm³/mol. The summed E-state index contributed by atoms with van der Waals surface area (Å²) in [6.07, 6.45) is 0. The summed E-state index contributed by atoms with van der Waals surface area (Å²) in [6.45, 7) is 0.00765. The number of hydrogen-bond donors (Lipinski definition) is 1. The van der Waals surface area contributed by atoms with E-state index in [1.54, 1.807) is 0 Å². The molecule has 0 aromatic heterocycles. The molecule has 5 heteroatoms. The zero-order chi connectivity index (χ0) is 13.3. The second-order valence-electron chi connectivity index (χ2n) is 3.76. The van der Waals surface area contributed by atoms with Crippen molar-refractivity contribution in [1.82, 2.24) is 0 Å². The summed E-state index contributed by atoms with van der Waals surface area (Å²) in [4.78, 5) is 0. The molecule has 0 fully saturated rings. The Morgan fingerprint density at radius 3 is 2.06 bits per heavy atom. The van der Waals surface area contributed by atoms with Crippen LogP contribution in [0.3, 0.4) is 0 Å². The number of rotatable bonds is 2. The second kappa shape index (κ2) is 4.78. The highest BCUT2D eigenvalue weighted by Crippen LogP contribution is 2.27. The van der Waals surface area contributed by atoms with E-state index >= 15 is 0 Å². The molecular formula is C13H9F4N. The van der Waals surface area contributed by atoms with E-state index in [-0.39, 0.29) is 12.1 Å². The molecule has 18 heavy (non-hydrogen) atoms. The molecule has 0 aliphatic rings. The molecule has 2 aromatic rings. The van der Waals surface area contributed by atoms with Crippen LogP contribution in [0.2, 0.25) is 0 Å². The Morgan fingerprint density at radius 2 is 1.50 bits per heavy atom. The van der Waals surface area contributed by atoms with Crippen LogP contribution in [0.15, 0.2) is 30.3 Å². The maximum Gasteiger partial charge on any atom is 0.194 e. The third kappa shape index (κ3) is 2.22. The maximum atomic E-state index is 13.1. The zero-order valence-electron chi connectivity index (χ0n) is 9.18. The van der Waals surface area contributed by atoms with Crippen molar-refractivity contribution in [3.05, 3.63) is 59.2 Å². The molecule has 0 bridgehead atoms. The average Bonchev–Trinajstić information content (AvgIpc) is 2.35. The Morgan fingerprint density at radius 1 is 0.889 bits per heavy atom. The lowest BCUT2D eigenvalue weighted by molar-refractivity contribution is 0.447. The van der Waals surface area contributed by atoms with Gasteiger partial charge in [0, 0.05) is 6.54 Å². The van der Waals surface area contributed by atoms with Gasteiger partial charge in [0.15, 0.2) is 17.5 Å². The summed E-state index contributed by atoms with van der Waals surface area (Å²) >= 11 is 0. The second-order valence-corrected chi connectivity index (χ2v) is 3.76. The van der Waals surface area contributed by atoms with E-state index in [2.05, 4.69) is 0 Å². The molecule has 0 spiro atoms. The van der Waals surface area contributed by atoms with Gasteiger partial charge >= 0.3 is 0 Å². The van der Waals surface area contributed by atoms with E-state index < -0.39 is 23.3 Å². The van der Waals surface area contributed by atoms with Crippen molar-refractivity contribution in [2.45, 2.75) is 6.54 Å². The number of benzene rings is 2. The van der Waals surface area contributed by atoms with E-state index in [0.717, 1.165) is 18.2 Å². The molecule has 0 saturated carbocycles. The lowest BCUT2D eigenvalue weighted by atomic mass is 9.99. The van der Waals surface area contributed by atoms with Crippen molar-refractivity contribution in [2.75, 3.05) is 0 Å². The molecule has 0 saturated heterocycles. The van der Waals surface area contributed by atoms with Crippen molar-refractivity contribution in [3.63, 3.8) is 0 Å². The minimum absolute atomic E-state index is 0.00765. The van der Waals surface area contributed by atoms with Gasteiger partial charge in [-0.3, -0.25) is 0 Å². The summed E-state index contributed by atoms with van der Waals surface area (Å²) in [6, 6.07) is 5.38. The molecule has 0 atom stereocenters. The predicted octanol–water partition coefficient (Wildman–Crippen LogP) is 3.37. The van der Waals surface area contributed by atoms with Crippen LogP contribution >= 0.6 is 0 Å². The van der Waals surface area contributed by atoms with Gasteiger partial charge in [-0.2, -0.15) is 0 Å². The molecular weight excluding hydrogens is 246 g/mol. The van der Waals surface area contributed by atoms with Crippen molar-refractivity contribution < 1.29 is 17.6 Å². The van der Waals surface area contributed by atoms with Gasteiger partial charge in [0.2, 0.25) is 0 Å². The molecule has 0 heterocycles. The summed E-state index contributed by atoms with van der Waals surface area (Å²) < 4.78 is 52.1. The minimum atomic E-state index is -1.53. The monoisotopic (exact) mass is 255 g/mol. The van der Waals surface area contributed by atoms with Gasteiger partial charge in [0.1, 0.15) is 5.82 Å². The van der Waals surface area contributed by atoms with Crippen LogP contribution in [0.25, 0.3) is 11.1 Å². The molecule has 94 valence electrons. The SMILES string of the molecule is NCc1cc(F)ccc1-c1cc(F)c(F)c(F)c1. The molecule has 0 radical (unpaired) electrons. The number of halogens is 4. The molecule has 0 aliphatic carbocycles. The molecule has 0 aliphatic heterocycles. The molecule has 2 aromatic carbocycles. The van der Waals surface area contributed by atoms with Crippen molar-refractivity contribution in [3.8, 4) is 11.1 Å². The van der Waals surface area contributed by atoms with E-state index in [9.17, 15) is 17.6 Å². The smallest absolute Gasteiger partial charge is 0.194 e. The van der Waals surface area contributed by atoms with Gasteiger partial charge in [-0.05, 0) is 41.0 Å². The molecule has 0 unspecified atom stereocenters. The average molecular weight is 255 g/mol. The minimum Gasteiger partial charge on any atom is -0.326 e. The fourth-order valence-corrected chi connectivity index (χ4v) is 1.72. The van der Waals surface area contributed by atoms with Gasteiger partial charge in [0.25, 0.3) is 0 Å². The first-order chi connectivity index (χ1) is 8.52. The molecule has 2 N–H and O–H groups in total. The highest BCUT2D eigenvalue weighted by Gasteiger charge is 2.13. The Bertz CT molecular complexity index is 573. The van der Waals surface area contributed by atoms with Gasteiger partial charge in [-0.15, -0.1) is 0 Å². The summed E-state index contributed by atoms with van der Waals surface area (Å²) in [5.41, 5.74) is 6.31. The van der Waals surface area contributed by atoms with E-state index in [4.69, 9.17) is 5.73 Å². The molecule has 1 nitrogen and oxygen atoms in total. The first-order valence-corrected chi connectivity index (χ1v) is 5.16. The van der Waals surface area contributed by atoms with E-state index in [1.807, 2.05) is 0 Å². The third-order valence-corrected chi connectivity index (χ3v) is 2.58. The number of nitrogens with two attached hydrogens (primary N) is 1. The summed E-state index contributed by atoms with van der Waals surface area (Å²) in [5.74, 6) is -4.62. The lowest BCUT2D eigenvalue weighted by Gasteiger charge is -2.09. The van der Waals surface area contributed by atoms with Crippen molar-refractivity contribution >= 4 is 0 Å². The number of hydrogen-bond acceptors (Lipinski definition) is 1. The first-order valence-electron chi connectivity index (χ1n) is 5.16. The Balaban J connectivity index is 2.62. The van der Waals surface area contributed by atoms with Gasteiger partial charge < -0.3 is 5.73 Å². The lowest BCUT2D eigenvalue weighted by Crippen LogP contribution is -2.01. The van der Waals surface area contributed by atoms with Gasteiger partial charge in [-0.1, -0.05) is 6.07 Å². The van der Waals surface area contributed by atoms with Crippen LogP contribution in [0, 0.1) is 23.3 Å². The zero-order valence-corrected chi connectivity index (χ0v) is 9.18. The van der Waals surface area contributed by atoms with E-state index in [0.29, 0.717) is 11.1 Å². The van der Waals surface area contributed by atoms with Crippen LogP contribution < -0.4 is 5.73 Å². The first kappa shape index (κ1) is 12.6. The fraction of sp³-hybridized carbons (Fsp3) is 0.0769. The highest BCUT2D eigenvalue weighted by atomic mass is 19.2. The Labute approximate surface area is 101 Å². The summed E-state index contributed by atoms with van der Waals surface area (Å²) in [7, 11) is 0. The Hall–Kier alpha value is -1.88. The standard InChI is InChI=1S/C13H9F4N/c14-9-1-2-10(8(3-9)6-18)7-4-11(15)13(17)12(16)5-7/h1-5H,6,18H2. The quantitative estimate of drug-likeness (QED) is 0.646. The molecule has 2 rings (SSSR count).